The zero-order valence-corrected chi connectivity index (χ0v) is 15.7. The Morgan fingerprint density at radius 3 is 2.52 bits per heavy atom. The van der Waals surface area contributed by atoms with E-state index in [-0.39, 0.29) is 17.5 Å². The summed E-state index contributed by atoms with van der Waals surface area (Å²) in [6.07, 6.45) is 3.20. The lowest BCUT2D eigenvalue weighted by molar-refractivity contribution is 0.0724. The van der Waals surface area contributed by atoms with Crippen LogP contribution in [0.1, 0.15) is 29.6 Å². The van der Waals surface area contributed by atoms with Crippen LogP contribution in [0.25, 0.3) is 33.1 Å². The summed E-state index contributed by atoms with van der Waals surface area (Å²) >= 11 is 0. The SMILES string of the molecule is O=Nc1c(-c2c(O)[nH]c3ccc(C(=O)N4CCCCC4)cc23)[nH]c2ccccc12. The number of aromatic nitrogens is 2. The minimum absolute atomic E-state index is 0.0105. The number of para-hydroxylation sites is 1. The van der Waals surface area contributed by atoms with Gasteiger partial charge in [0.05, 0.1) is 11.3 Å². The number of amides is 1. The van der Waals surface area contributed by atoms with Gasteiger partial charge in [0.1, 0.15) is 5.69 Å². The van der Waals surface area contributed by atoms with Crippen molar-refractivity contribution in [3.05, 3.63) is 52.9 Å². The number of aromatic amines is 2. The number of carbonyl (C=O) groups is 1. The molecule has 0 bridgehead atoms. The number of rotatable bonds is 3. The van der Waals surface area contributed by atoms with Crippen LogP contribution in [0, 0.1) is 4.91 Å². The number of H-pyrrole nitrogens is 2. The maximum atomic E-state index is 12.9. The standard InChI is InChI=1S/C22H20N4O3/c27-21-18(20-19(25-29)14-6-2-3-7-16(14)23-20)15-12-13(8-9-17(15)24-21)22(28)26-10-4-1-5-11-26/h2-3,6-9,12,23-24,27H,1,4-5,10-11H2. The molecule has 0 unspecified atom stereocenters. The molecule has 1 fully saturated rings. The van der Waals surface area contributed by atoms with E-state index in [2.05, 4.69) is 15.1 Å². The van der Waals surface area contributed by atoms with Crippen LogP contribution in [0.2, 0.25) is 0 Å². The summed E-state index contributed by atoms with van der Waals surface area (Å²) in [6.45, 7) is 1.53. The third-order valence-electron chi connectivity index (χ3n) is 5.69. The van der Waals surface area contributed by atoms with Crippen molar-refractivity contribution in [1.29, 1.82) is 0 Å². The Hall–Kier alpha value is -3.61. The van der Waals surface area contributed by atoms with Crippen LogP contribution in [0.3, 0.4) is 0 Å². The topological polar surface area (TPSA) is 102 Å². The summed E-state index contributed by atoms with van der Waals surface area (Å²) in [5.74, 6) is -0.0809. The van der Waals surface area contributed by atoms with Crippen molar-refractivity contribution in [3.63, 3.8) is 0 Å². The molecule has 4 aromatic rings. The molecule has 5 rings (SSSR count). The molecular weight excluding hydrogens is 368 g/mol. The molecule has 0 aliphatic carbocycles. The fourth-order valence-corrected chi connectivity index (χ4v) is 4.25. The molecule has 1 aliphatic rings. The highest BCUT2D eigenvalue weighted by Gasteiger charge is 2.23. The van der Waals surface area contributed by atoms with Gasteiger partial charge in [-0.05, 0) is 48.7 Å². The molecule has 3 heterocycles. The molecule has 3 N–H and O–H groups in total. The second-order valence-electron chi connectivity index (χ2n) is 7.45. The highest BCUT2D eigenvalue weighted by molar-refractivity contribution is 6.09. The van der Waals surface area contributed by atoms with Crippen LogP contribution in [0.5, 0.6) is 5.88 Å². The van der Waals surface area contributed by atoms with Crippen molar-refractivity contribution >= 4 is 33.4 Å². The second-order valence-corrected chi connectivity index (χ2v) is 7.45. The van der Waals surface area contributed by atoms with Gasteiger partial charge in [0.25, 0.3) is 5.91 Å². The Balaban J connectivity index is 1.67. The summed E-state index contributed by atoms with van der Waals surface area (Å²) in [6, 6.07) is 12.7. The zero-order valence-electron chi connectivity index (χ0n) is 15.7. The molecule has 0 saturated carbocycles. The van der Waals surface area contributed by atoms with E-state index in [9.17, 15) is 14.8 Å². The van der Waals surface area contributed by atoms with Gasteiger partial charge in [-0.25, -0.2) is 0 Å². The normalized spacial score (nSPS) is 14.6. The molecule has 7 heteroatoms. The van der Waals surface area contributed by atoms with Crippen molar-refractivity contribution in [2.75, 3.05) is 13.1 Å². The highest BCUT2D eigenvalue weighted by Crippen LogP contribution is 2.44. The number of fused-ring (bicyclic) bond motifs is 2. The number of aromatic hydroxyl groups is 1. The third-order valence-corrected chi connectivity index (χ3v) is 5.69. The van der Waals surface area contributed by atoms with Crippen LogP contribution < -0.4 is 0 Å². The number of likely N-dealkylation sites (tertiary alicyclic amines) is 1. The van der Waals surface area contributed by atoms with Crippen LogP contribution in [-0.2, 0) is 0 Å². The van der Waals surface area contributed by atoms with E-state index in [1.165, 1.54) is 0 Å². The predicted molar refractivity (Wildman–Crippen MR) is 112 cm³/mol. The van der Waals surface area contributed by atoms with Crippen LogP contribution >= 0.6 is 0 Å². The van der Waals surface area contributed by atoms with Crippen LogP contribution in [0.15, 0.2) is 47.6 Å². The number of nitrogens with zero attached hydrogens (tertiary/aromatic N) is 2. The summed E-state index contributed by atoms with van der Waals surface area (Å²) in [5, 5.41) is 15.2. The first-order valence-electron chi connectivity index (χ1n) is 9.76. The largest absolute Gasteiger partial charge is 0.494 e. The molecule has 7 nitrogen and oxygen atoms in total. The molecule has 29 heavy (non-hydrogen) atoms. The molecule has 1 aliphatic heterocycles. The fourth-order valence-electron chi connectivity index (χ4n) is 4.25. The number of nitrogens with one attached hydrogen (secondary N) is 2. The molecular formula is C22H20N4O3. The van der Waals surface area contributed by atoms with Gasteiger partial charge in [-0.2, -0.15) is 0 Å². The number of nitroso groups, excluding NO2 is 1. The van der Waals surface area contributed by atoms with Gasteiger partial charge in [0.15, 0.2) is 5.88 Å². The van der Waals surface area contributed by atoms with Gasteiger partial charge in [-0.1, -0.05) is 18.2 Å². The maximum absolute atomic E-state index is 12.9. The van der Waals surface area contributed by atoms with Crippen LogP contribution in [0.4, 0.5) is 5.69 Å². The minimum Gasteiger partial charge on any atom is -0.494 e. The molecule has 0 spiro atoms. The van der Waals surface area contributed by atoms with E-state index < -0.39 is 0 Å². The van der Waals surface area contributed by atoms with E-state index in [1.807, 2.05) is 29.2 Å². The summed E-state index contributed by atoms with van der Waals surface area (Å²) in [5.41, 5.74) is 3.13. The Bertz CT molecular complexity index is 1250. The van der Waals surface area contributed by atoms with E-state index in [1.54, 1.807) is 18.2 Å². The average molecular weight is 388 g/mol. The van der Waals surface area contributed by atoms with Gasteiger partial charge in [0.2, 0.25) is 0 Å². The van der Waals surface area contributed by atoms with Gasteiger partial charge >= 0.3 is 0 Å². The first-order chi connectivity index (χ1) is 14.2. The van der Waals surface area contributed by atoms with E-state index in [0.717, 1.165) is 37.9 Å². The van der Waals surface area contributed by atoms with E-state index in [4.69, 9.17) is 0 Å². The lowest BCUT2D eigenvalue weighted by Gasteiger charge is -2.26. The first-order valence-corrected chi connectivity index (χ1v) is 9.76. The lowest BCUT2D eigenvalue weighted by Crippen LogP contribution is -2.35. The molecule has 0 radical (unpaired) electrons. The van der Waals surface area contributed by atoms with E-state index in [0.29, 0.717) is 33.1 Å². The number of carbonyl (C=O) groups excluding carboxylic acids is 1. The Kier molecular flexibility index (Phi) is 4.08. The summed E-state index contributed by atoms with van der Waals surface area (Å²) in [7, 11) is 0. The highest BCUT2D eigenvalue weighted by atomic mass is 16.3. The van der Waals surface area contributed by atoms with Crippen molar-refractivity contribution in [2.45, 2.75) is 19.3 Å². The first kappa shape index (κ1) is 17.5. The fraction of sp³-hybridized carbons (Fsp3) is 0.227. The van der Waals surface area contributed by atoms with Crippen molar-refractivity contribution in [3.8, 4) is 17.1 Å². The Morgan fingerprint density at radius 2 is 1.72 bits per heavy atom. The molecule has 146 valence electrons. The molecule has 2 aromatic heterocycles. The van der Waals surface area contributed by atoms with Gasteiger partial charge < -0.3 is 20.0 Å². The monoisotopic (exact) mass is 388 g/mol. The quantitative estimate of drug-likeness (QED) is 0.428. The summed E-state index contributed by atoms with van der Waals surface area (Å²) < 4.78 is 0. The molecule has 1 saturated heterocycles. The third kappa shape index (κ3) is 2.77. The second kappa shape index (κ2) is 6.77. The Morgan fingerprint density at radius 1 is 0.966 bits per heavy atom. The van der Waals surface area contributed by atoms with Gasteiger partial charge in [-0.3, -0.25) is 4.79 Å². The minimum atomic E-state index is -0.0703. The summed E-state index contributed by atoms with van der Waals surface area (Å²) in [4.78, 5) is 32.5. The maximum Gasteiger partial charge on any atom is 0.253 e. The Labute approximate surface area is 166 Å². The molecule has 1 amide bonds. The average Bonchev–Trinajstić information content (AvgIpc) is 3.29. The molecule has 0 atom stereocenters. The zero-order chi connectivity index (χ0) is 20.0. The van der Waals surface area contributed by atoms with Gasteiger partial charge in [0, 0.05) is 40.5 Å². The number of piperidine rings is 1. The number of hydrogen-bond donors (Lipinski definition) is 3. The molecule has 2 aromatic carbocycles. The van der Waals surface area contributed by atoms with Crippen LogP contribution in [-0.4, -0.2) is 39.0 Å². The number of benzene rings is 2. The van der Waals surface area contributed by atoms with Crippen molar-refractivity contribution in [2.24, 2.45) is 5.18 Å². The number of hydrogen-bond acceptors (Lipinski definition) is 4. The smallest absolute Gasteiger partial charge is 0.253 e. The predicted octanol–water partition coefficient (Wildman–Crippen LogP) is 5.05. The lowest BCUT2D eigenvalue weighted by atomic mass is 10.0. The van der Waals surface area contributed by atoms with Gasteiger partial charge in [-0.15, -0.1) is 4.91 Å². The van der Waals surface area contributed by atoms with Crippen molar-refractivity contribution < 1.29 is 9.90 Å². The van der Waals surface area contributed by atoms with E-state index >= 15 is 0 Å². The van der Waals surface area contributed by atoms with Crippen molar-refractivity contribution in [1.82, 2.24) is 14.9 Å².